The standard InChI is InChI=1S/C15H28N2O4/c1-9(2)11(7-18)17(12(8-19)10(3)4)14(21)15(5-6-15)13(16)20/h9-12,18-19H,5-8H2,1-4H3,(H2,16,20)/t11-,12-/m0/s1. The van der Waals surface area contributed by atoms with Gasteiger partial charge in [0, 0.05) is 0 Å². The van der Waals surface area contributed by atoms with Gasteiger partial charge in [-0.3, -0.25) is 9.59 Å². The summed E-state index contributed by atoms with van der Waals surface area (Å²) in [4.78, 5) is 26.0. The number of primary amides is 1. The Morgan fingerprint density at radius 2 is 1.43 bits per heavy atom. The van der Waals surface area contributed by atoms with Crippen molar-refractivity contribution in [2.75, 3.05) is 13.2 Å². The van der Waals surface area contributed by atoms with Gasteiger partial charge in [0.05, 0.1) is 25.3 Å². The Balaban J connectivity index is 3.18. The van der Waals surface area contributed by atoms with Gasteiger partial charge in [0.25, 0.3) is 0 Å². The van der Waals surface area contributed by atoms with Crippen LogP contribution in [0.5, 0.6) is 0 Å². The summed E-state index contributed by atoms with van der Waals surface area (Å²) in [7, 11) is 0. The van der Waals surface area contributed by atoms with E-state index in [4.69, 9.17) is 5.73 Å². The Morgan fingerprint density at radius 1 is 1.05 bits per heavy atom. The molecule has 1 fully saturated rings. The molecule has 0 radical (unpaired) electrons. The SMILES string of the molecule is CC(C)[C@H](CO)N(C(=O)C1(C(N)=O)CC1)[C@@H](CO)C(C)C. The van der Waals surface area contributed by atoms with E-state index in [1.54, 1.807) is 0 Å². The van der Waals surface area contributed by atoms with Crippen molar-refractivity contribution >= 4 is 11.8 Å². The van der Waals surface area contributed by atoms with Gasteiger partial charge in [-0.1, -0.05) is 27.7 Å². The maximum atomic E-state index is 12.9. The third-order valence-electron chi connectivity index (χ3n) is 4.49. The molecular weight excluding hydrogens is 272 g/mol. The Labute approximate surface area is 126 Å². The van der Waals surface area contributed by atoms with E-state index in [9.17, 15) is 19.8 Å². The summed E-state index contributed by atoms with van der Waals surface area (Å²) < 4.78 is 0. The lowest BCUT2D eigenvalue weighted by molar-refractivity contribution is -0.151. The lowest BCUT2D eigenvalue weighted by atomic mass is 9.92. The molecule has 0 aromatic heterocycles. The van der Waals surface area contributed by atoms with E-state index in [0.717, 1.165) is 0 Å². The number of carbonyl (C=O) groups is 2. The fourth-order valence-corrected chi connectivity index (χ4v) is 2.72. The predicted molar refractivity (Wildman–Crippen MR) is 79.1 cm³/mol. The van der Waals surface area contributed by atoms with Crippen LogP contribution >= 0.6 is 0 Å². The van der Waals surface area contributed by atoms with Crippen molar-refractivity contribution in [2.24, 2.45) is 23.0 Å². The summed E-state index contributed by atoms with van der Waals surface area (Å²) in [6.07, 6.45) is 0.897. The second-order valence-corrected chi connectivity index (χ2v) is 6.65. The lowest BCUT2D eigenvalue weighted by Gasteiger charge is -2.42. The molecule has 6 heteroatoms. The van der Waals surface area contributed by atoms with Gasteiger partial charge in [0.2, 0.25) is 11.8 Å². The van der Waals surface area contributed by atoms with Crippen LogP contribution in [0.25, 0.3) is 0 Å². The first kappa shape index (κ1) is 17.9. The van der Waals surface area contributed by atoms with Crippen LogP contribution in [0.3, 0.4) is 0 Å². The predicted octanol–water partition coefficient (Wildman–Crippen LogP) is 0.114. The first-order valence-corrected chi connectivity index (χ1v) is 7.57. The number of hydrogen-bond acceptors (Lipinski definition) is 4. The average molecular weight is 300 g/mol. The summed E-state index contributed by atoms with van der Waals surface area (Å²) in [5, 5.41) is 19.3. The molecule has 0 saturated heterocycles. The Morgan fingerprint density at radius 3 is 1.62 bits per heavy atom. The molecule has 4 N–H and O–H groups in total. The van der Waals surface area contributed by atoms with E-state index in [2.05, 4.69) is 0 Å². The molecule has 0 aromatic rings. The van der Waals surface area contributed by atoms with Gasteiger partial charge in [-0.05, 0) is 24.7 Å². The Kier molecular flexibility index (Phi) is 5.75. The molecule has 0 aliphatic heterocycles. The second kappa shape index (κ2) is 6.75. The number of carbonyl (C=O) groups excluding carboxylic acids is 2. The zero-order chi connectivity index (χ0) is 16.4. The van der Waals surface area contributed by atoms with Gasteiger partial charge < -0.3 is 20.8 Å². The van der Waals surface area contributed by atoms with E-state index < -0.39 is 23.4 Å². The molecule has 0 spiro atoms. The number of aliphatic hydroxyl groups is 2. The zero-order valence-corrected chi connectivity index (χ0v) is 13.4. The van der Waals surface area contributed by atoms with Crippen LogP contribution in [-0.4, -0.2) is 52.2 Å². The second-order valence-electron chi connectivity index (χ2n) is 6.65. The fourth-order valence-electron chi connectivity index (χ4n) is 2.72. The molecule has 1 aliphatic rings. The Bertz CT molecular complexity index is 375. The van der Waals surface area contributed by atoms with Crippen LogP contribution in [0, 0.1) is 17.3 Å². The molecule has 0 aromatic carbocycles. The molecule has 21 heavy (non-hydrogen) atoms. The molecule has 1 rings (SSSR count). The zero-order valence-electron chi connectivity index (χ0n) is 13.4. The van der Waals surface area contributed by atoms with Crippen molar-refractivity contribution in [3.8, 4) is 0 Å². The minimum absolute atomic E-state index is 0.00965. The molecule has 122 valence electrons. The molecule has 1 saturated carbocycles. The molecule has 2 atom stereocenters. The molecule has 2 amide bonds. The summed E-state index contributed by atoms with van der Waals surface area (Å²) in [5.41, 5.74) is 4.26. The molecule has 0 unspecified atom stereocenters. The van der Waals surface area contributed by atoms with Crippen molar-refractivity contribution in [3.63, 3.8) is 0 Å². The van der Waals surface area contributed by atoms with Gasteiger partial charge in [0.15, 0.2) is 0 Å². The highest BCUT2D eigenvalue weighted by Gasteiger charge is 2.58. The van der Waals surface area contributed by atoms with E-state index in [-0.39, 0.29) is 31.0 Å². The van der Waals surface area contributed by atoms with Crippen LogP contribution in [-0.2, 0) is 9.59 Å². The first-order valence-electron chi connectivity index (χ1n) is 7.57. The number of nitrogens with two attached hydrogens (primary N) is 1. The molecule has 6 nitrogen and oxygen atoms in total. The fraction of sp³-hybridized carbons (Fsp3) is 0.867. The van der Waals surface area contributed by atoms with Crippen molar-refractivity contribution in [1.82, 2.24) is 4.90 Å². The third kappa shape index (κ3) is 3.37. The summed E-state index contributed by atoms with van der Waals surface area (Å²) in [6, 6.07) is -0.872. The lowest BCUT2D eigenvalue weighted by Crippen LogP contribution is -2.58. The van der Waals surface area contributed by atoms with E-state index >= 15 is 0 Å². The minimum atomic E-state index is -1.13. The van der Waals surface area contributed by atoms with Gasteiger partial charge >= 0.3 is 0 Å². The molecule has 1 aliphatic carbocycles. The largest absolute Gasteiger partial charge is 0.394 e. The highest BCUT2D eigenvalue weighted by atomic mass is 16.3. The van der Waals surface area contributed by atoms with Crippen molar-refractivity contribution in [1.29, 1.82) is 0 Å². The van der Waals surface area contributed by atoms with Crippen LogP contribution in [0.15, 0.2) is 0 Å². The van der Waals surface area contributed by atoms with E-state index in [0.29, 0.717) is 12.8 Å². The quantitative estimate of drug-likeness (QED) is 0.554. The van der Waals surface area contributed by atoms with Crippen molar-refractivity contribution in [3.05, 3.63) is 0 Å². The van der Waals surface area contributed by atoms with Crippen molar-refractivity contribution in [2.45, 2.75) is 52.6 Å². The minimum Gasteiger partial charge on any atom is -0.394 e. The number of nitrogens with zero attached hydrogens (tertiary/aromatic N) is 1. The normalized spacial score (nSPS) is 19.4. The van der Waals surface area contributed by atoms with Gasteiger partial charge in [-0.2, -0.15) is 0 Å². The molecule has 0 bridgehead atoms. The van der Waals surface area contributed by atoms with E-state index in [1.165, 1.54) is 4.90 Å². The van der Waals surface area contributed by atoms with Crippen molar-refractivity contribution < 1.29 is 19.8 Å². The maximum Gasteiger partial charge on any atom is 0.238 e. The van der Waals surface area contributed by atoms with Crippen LogP contribution in [0.4, 0.5) is 0 Å². The monoisotopic (exact) mass is 300 g/mol. The highest BCUT2D eigenvalue weighted by Crippen LogP contribution is 2.48. The first-order chi connectivity index (χ1) is 9.72. The molecular formula is C15H28N2O4. The van der Waals surface area contributed by atoms with Crippen LogP contribution in [0.1, 0.15) is 40.5 Å². The number of rotatable bonds is 8. The van der Waals surface area contributed by atoms with Gasteiger partial charge in [-0.25, -0.2) is 0 Å². The Hall–Kier alpha value is -1.14. The summed E-state index contributed by atoms with van der Waals surface area (Å²) in [5.74, 6) is -0.945. The summed E-state index contributed by atoms with van der Waals surface area (Å²) in [6.45, 7) is 7.20. The third-order valence-corrected chi connectivity index (χ3v) is 4.49. The van der Waals surface area contributed by atoms with Gasteiger partial charge in [-0.15, -0.1) is 0 Å². The number of aliphatic hydroxyl groups excluding tert-OH is 2. The topological polar surface area (TPSA) is 104 Å². The maximum absolute atomic E-state index is 12.9. The number of amides is 2. The van der Waals surface area contributed by atoms with Crippen LogP contribution in [0.2, 0.25) is 0 Å². The highest BCUT2D eigenvalue weighted by molar-refractivity contribution is 6.07. The van der Waals surface area contributed by atoms with Gasteiger partial charge in [0.1, 0.15) is 5.41 Å². The average Bonchev–Trinajstić information content (AvgIpc) is 3.18. The smallest absolute Gasteiger partial charge is 0.238 e. The molecule has 0 heterocycles. The van der Waals surface area contributed by atoms with Crippen LogP contribution < -0.4 is 5.73 Å². The number of hydrogen-bond donors (Lipinski definition) is 3. The summed E-state index contributed by atoms with van der Waals surface area (Å²) >= 11 is 0. The van der Waals surface area contributed by atoms with E-state index in [1.807, 2.05) is 27.7 Å².